The van der Waals surface area contributed by atoms with E-state index in [0.717, 1.165) is 18.4 Å². The molecular formula is C27H25ClFN5O2. The van der Waals surface area contributed by atoms with E-state index in [-0.39, 0.29) is 23.5 Å². The molecule has 1 atom stereocenters. The van der Waals surface area contributed by atoms with Crippen LogP contribution in [-0.2, 0) is 11.3 Å². The Hall–Kier alpha value is -3.91. The van der Waals surface area contributed by atoms with E-state index in [0.29, 0.717) is 41.7 Å². The fraction of sp³-hybridized carbons (Fsp3) is 0.222. The minimum Gasteiger partial charge on any atom is -0.352 e. The molecule has 1 aliphatic rings. The lowest BCUT2D eigenvalue weighted by Crippen LogP contribution is -2.45. The minimum absolute atomic E-state index is 0.0740. The van der Waals surface area contributed by atoms with Crippen molar-refractivity contribution in [3.63, 3.8) is 0 Å². The first-order chi connectivity index (χ1) is 17.5. The number of nitrogens with one attached hydrogen (secondary N) is 1. The summed E-state index contributed by atoms with van der Waals surface area (Å²) in [4.78, 5) is 28.3. The van der Waals surface area contributed by atoms with Gasteiger partial charge in [0.05, 0.1) is 17.8 Å². The van der Waals surface area contributed by atoms with Crippen LogP contribution in [0.5, 0.6) is 0 Å². The van der Waals surface area contributed by atoms with Crippen LogP contribution < -0.4 is 5.32 Å². The third-order valence-electron chi connectivity index (χ3n) is 6.35. The van der Waals surface area contributed by atoms with Crippen LogP contribution in [0.15, 0.2) is 79.3 Å². The molecule has 184 valence electrons. The van der Waals surface area contributed by atoms with E-state index >= 15 is 0 Å². The number of benzene rings is 2. The Kier molecular flexibility index (Phi) is 6.86. The molecule has 36 heavy (non-hydrogen) atoms. The molecule has 1 N–H and O–H groups in total. The molecule has 2 aromatic heterocycles. The number of aromatic nitrogens is 3. The predicted molar refractivity (Wildman–Crippen MR) is 135 cm³/mol. The Bertz CT molecular complexity index is 1350. The number of hydrogen-bond acceptors (Lipinski definition) is 3. The Morgan fingerprint density at radius 1 is 1.06 bits per heavy atom. The molecule has 0 saturated carbocycles. The molecule has 0 spiro atoms. The molecule has 0 bridgehead atoms. The highest BCUT2D eigenvalue weighted by Gasteiger charge is 2.31. The van der Waals surface area contributed by atoms with Crippen molar-refractivity contribution in [2.75, 3.05) is 13.1 Å². The molecule has 5 rings (SSSR count). The molecule has 0 unspecified atom stereocenters. The van der Waals surface area contributed by atoms with Gasteiger partial charge in [0.2, 0.25) is 5.91 Å². The fourth-order valence-electron chi connectivity index (χ4n) is 4.47. The zero-order chi connectivity index (χ0) is 25.1. The molecule has 7 nitrogen and oxygen atoms in total. The summed E-state index contributed by atoms with van der Waals surface area (Å²) in [5.74, 6) is -0.348. The Balaban J connectivity index is 1.34. The van der Waals surface area contributed by atoms with E-state index in [1.807, 2.05) is 41.2 Å². The van der Waals surface area contributed by atoms with Gasteiger partial charge in [-0.05, 0) is 66.9 Å². The first-order valence-corrected chi connectivity index (χ1v) is 12.2. The molecule has 0 radical (unpaired) electrons. The summed E-state index contributed by atoms with van der Waals surface area (Å²) in [7, 11) is 0. The summed E-state index contributed by atoms with van der Waals surface area (Å²) >= 11 is 5.93. The Morgan fingerprint density at radius 3 is 2.50 bits per heavy atom. The predicted octanol–water partition coefficient (Wildman–Crippen LogP) is 4.62. The lowest BCUT2D eigenvalue weighted by molar-refractivity contribution is -0.126. The van der Waals surface area contributed by atoms with Crippen LogP contribution in [0.3, 0.4) is 0 Å². The third kappa shape index (κ3) is 5.04. The Labute approximate surface area is 213 Å². The van der Waals surface area contributed by atoms with Gasteiger partial charge in [0.25, 0.3) is 5.91 Å². The van der Waals surface area contributed by atoms with Gasteiger partial charge in [0.1, 0.15) is 11.4 Å². The van der Waals surface area contributed by atoms with Crippen LogP contribution in [0, 0.1) is 11.7 Å². The van der Waals surface area contributed by atoms with Crippen LogP contribution in [0.4, 0.5) is 4.39 Å². The number of hydrogen-bond donors (Lipinski definition) is 1. The molecular weight excluding hydrogens is 481 g/mol. The first-order valence-electron chi connectivity index (χ1n) is 11.8. The first kappa shape index (κ1) is 23.8. The second-order valence-corrected chi connectivity index (χ2v) is 9.23. The fourth-order valence-corrected chi connectivity index (χ4v) is 4.60. The summed E-state index contributed by atoms with van der Waals surface area (Å²) in [5, 5.41) is 8.08. The standard InChI is InChI=1S/C27H25ClFN5O2/c28-21-7-5-19(6-8-21)16-30-25(35)20-4-3-15-33(18-20)27(36)24-17-31-34(23-11-9-22(29)10-12-23)26(24)32-13-1-2-14-32/h1-2,5-14,17,20H,3-4,15-16,18H2,(H,30,35)/t20-/m0/s1. The summed E-state index contributed by atoms with van der Waals surface area (Å²) in [6, 6.07) is 17.0. The van der Waals surface area contributed by atoms with Crippen LogP contribution >= 0.6 is 11.6 Å². The van der Waals surface area contributed by atoms with Gasteiger partial charge in [0, 0.05) is 37.1 Å². The average molecular weight is 506 g/mol. The normalized spacial score (nSPS) is 15.6. The summed E-state index contributed by atoms with van der Waals surface area (Å²) in [6.07, 6.45) is 6.64. The van der Waals surface area contributed by atoms with E-state index < -0.39 is 0 Å². The number of halogens is 2. The Morgan fingerprint density at radius 2 is 1.78 bits per heavy atom. The number of piperidine rings is 1. The van der Waals surface area contributed by atoms with Gasteiger partial charge in [-0.3, -0.25) is 9.59 Å². The largest absolute Gasteiger partial charge is 0.352 e. The van der Waals surface area contributed by atoms with Gasteiger partial charge in [-0.15, -0.1) is 0 Å². The molecule has 1 aliphatic heterocycles. The van der Waals surface area contributed by atoms with Crippen molar-refractivity contribution in [2.24, 2.45) is 5.92 Å². The van der Waals surface area contributed by atoms with Crippen LogP contribution in [0.25, 0.3) is 11.5 Å². The van der Waals surface area contributed by atoms with E-state index in [1.165, 1.54) is 18.3 Å². The van der Waals surface area contributed by atoms with Crippen molar-refractivity contribution in [2.45, 2.75) is 19.4 Å². The number of carbonyl (C=O) groups excluding carboxylic acids is 2. The summed E-state index contributed by atoms with van der Waals surface area (Å²) in [5.41, 5.74) is 2.01. The SMILES string of the molecule is O=C(NCc1ccc(Cl)cc1)[C@H]1CCCN(C(=O)c2cnn(-c3ccc(F)cc3)c2-n2cccc2)C1. The number of likely N-dealkylation sites (tertiary alicyclic amines) is 1. The monoisotopic (exact) mass is 505 g/mol. The second-order valence-electron chi connectivity index (χ2n) is 8.79. The number of carbonyl (C=O) groups is 2. The molecule has 4 aromatic rings. The van der Waals surface area contributed by atoms with E-state index in [9.17, 15) is 14.0 Å². The molecule has 3 heterocycles. The van der Waals surface area contributed by atoms with Crippen molar-refractivity contribution < 1.29 is 14.0 Å². The van der Waals surface area contributed by atoms with Crippen LogP contribution in [0.2, 0.25) is 5.02 Å². The molecule has 2 aromatic carbocycles. The van der Waals surface area contributed by atoms with Crippen molar-refractivity contribution in [3.8, 4) is 11.5 Å². The number of nitrogens with zero attached hydrogens (tertiary/aromatic N) is 4. The summed E-state index contributed by atoms with van der Waals surface area (Å²) in [6.45, 7) is 1.30. The van der Waals surface area contributed by atoms with E-state index in [4.69, 9.17) is 11.6 Å². The lowest BCUT2D eigenvalue weighted by atomic mass is 9.96. The molecule has 9 heteroatoms. The van der Waals surface area contributed by atoms with Crippen molar-refractivity contribution >= 4 is 23.4 Å². The van der Waals surface area contributed by atoms with Gasteiger partial charge in [-0.1, -0.05) is 23.7 Å². The number of amides is 2. The van der Waals surface area contributed by atoms with Crippen LogP contribution in [0.1, 0.15) is 28.8 Å². The van der Waals surface area contributed by atoms with Crippen molar-refractivity contribution in [1.82, 2.24) is 24.6 Å². The van der Waals surface area contributed by atoms with Crippen molar-refractivity contribution in [1.29, 1.82) is 0 Å². The van der Waals surface area contributed by atoms with E-state index in [2.05, 4.69) is 10.4 Å². The minimum atomic E-state index is -0.349. The average Bonchev–Trinajstić information content (AvgIpc) is 3.58. The van der Waals surface area contributed by atoms with Gasteiger partial charge >= 0.3 is 0 Å². The molecule has 2 amide bonds. The quantitative estimate of drug-likeness (QED) is 0.415. The number of rotatable bonds is 6. The van der Waals surface area contributed by atoms with Gasteiger partial charge in [0.15, 0.2) is 5.82 Å². The zero-order valence-corrected chi connectivity index (χ0v) is 20.2. The maximum Gasteiger partial charge on any atom is 0.259 e. The molecule has 0 aliphatic carbocycles. The van der Waals surface area contributed by atoms with Gasteiger partial charge < -0.3 is 14.8 Å². The highest BCUT2D eigenvalue weighted by atomic mass is 35.5. The summed E-state index contributed by atoms with van der Waals surface area (Å²) < 4.78 is 16.9. The maximum absolute atomic E-state index is 13.6. The highest BCUT2D eigenvalue weighted by molar-refractivity contribution is 6.30. The molecule has 1 saturated heterocycles. The van der Waals surface area contributed by atoms with Gasteiger partial charge in [-0.25, -0.2) is 9.07 Å². The van der Waals surface area contributed by atoms with E-state index in [1.54, 1.807) is 33.8 Å². The topological polar surface area (TPSA) is 72.2 Å². The van der Waals surface area contributed by atoms with Gasteiger partial charge in [-0.2, -0.15) is 5.10 Å². The van der Waals surface area contributed by atoms with Crippen LogP contribution in [-0.4, -0.2) is 44.2 Å². The highest BCUT2D eigenvalue weighted by Crippen LogP contribution is 2.25. The second kappa shape index (κ2) is 10.4. The zero-order valence-electron chi connectivity index (χ0n) is 19.5. The maximum atomic E-state index is 13.6. The molecule has 1 fully saturated rings. The lowest BCUT2D eigenvalue weighted by Gasteiger charge is -2.32. The smallest absolute Gasteiger partial charge is 0.259 e. The van der Waals surface area contributed by atoms with Crippen molar-refractivity contribution in [3.05, 3.63) is 101 Å². The third-order valence-corrected chi connectivity index (χ3v) is 6.61.